The quantitative estimate of drug-likeness (QED) is 0.560. The highest BCUT2D eigenvalue weighted by Crippen LogP contribution is 2.23. The molecular formula is C16H17BrO4. The molecule has 0 saturated heterocycles. The van der Waals surface area contributed by atoms with Gasteiger partial charge in [-0.15, -0.1) is 6.58 Å². The lowest BCUT2D eigenvalue weighted by molar-refractivity contribution is -0.155. The lowest BCUT2D eigenvalue weighted by atomic mass is 10.2. The van der Waals surface area contributed by atoms with Crippen LogP contribution in [-0.2, 0) is 20.7 Å². The predicted octanol–water partition coefficient (Wildman–Crippen LogP) is 3.87. The summed E-state index contributed by atoms with van der Waals surface area (Å²) in [4.78, 5) is 11.6. The number of furan rings is 1. The average molecular weight is 353 g/mol. The lowest BCUT2D eigenvalue weighted by Gasteiger charge is -2.10. The van der Waals surface area contributed by atoms with Crippen LogP contribution >= 0.6 is 15.9 Å². The van der Waals surface area contributed by atoms with Crippen molar-refractivity contribution < 1.29 is 18.7 Å². The van der Waals surface area contributed by atoms with Gasteiger partial charge in [0.05, 0.1) is 13.2 Å². The minimum absolute atomic E-state index is 0.265. The van der Waals surface area contributed by atoms with Gasteiger partial charge in [0, 0.05) is 16.3 Å². The molecule has 0 aliphatic carbocycles. The SMILES string of the molecule is C=CCOC(C)C(=O)OCCc1cc2cc(Br)ccc2o1. The summed E-state index contributed by atoms with van der Waals surface area (Å²) in [6, 6.07) is 7.76. The summed E-state index contributed by atoms with van der Waals surface area (Å²) in [7, 11) is 0. The number of carbonyl (C=O) groups is 1. The molecule has 5 heteroatoms. The molecule has 0 bridgehead atoms. The van der Waals surface area contributed by atoms with Crippen molar-refractivity contribution >= 4 is 32.9 Å². The first-order chi connectivity index (χ1) is 10.1. The highest BCUT2D eigenvalue weighted by molar-refractivity contribution is 9.10. The van der Waals surface area contributed by atoms with E-state index in [2.05, 4.69) is 22.5 Å². The largest absolute Gasteiger partial charge is 0.463 e. The van der Waals surface area contributed by atoms with Crippen LogP contribution < -0.4 is 0 Å². The van der Waals surface area contributed by atoms with Crippen molar-refractivity contribution in [3.05, 3.63) is 47.2 Å². The van der Waals surface area contributed by atoms with E-state index in [1.54, 1.807) is 13.0 Å². The monoisotopic (exact) mass is 352 g/mol. The fraction of sp³-hybridized carbons (Fsp3) is 0.312. The topological polar surface area (TPSA) is 48.7 Å². The van der Waals surface area contributed by atoms with Crippen LogP contribution in [0.15, 0.2) is 45.8 Å². The molecule has 4 nitrogen and oxygen atoms in total. The summed E-state index contributed by atoms with van der Waals surface area (Å²) in [5, 5.41) is 1.02. The Morgan fingerprint density at radius 2 is 2.29 bits per heavy atom. The van der Waals surface area contributed by atoms with Crippen LogP contribution in [0.2, 0.25) is 0 Å². The molecule has 0 N–H and O–H groups in total. The van der Waals surface area contributed by atoms with E-state index < -0.39 is 6.10 Å². The van der Waals surface area contributed by atoms with E-state index >= 15 is 0 Å². The van der Waals surface area contributed by atoms with E-state index in [0.29, 0.717) is 13.0 Å². The molecule has 1 aromatic heterocycles. The normalized spacial score (nSPS) is 12.3. The Morgan fingerprint density at radius 3 is 3.05 bits per heavy atom. The molecule has 112 valence electrons. The van der Waals surface area contributed by atoms with Crippen molar-refractivity contribution in [3.63, 3.8) is 0 Å². The number of ether oxygens (including phenoxy) is 2. The van der Waals surface area contributed by atoms with Crippen molar-refractivity contribution in [1.29, 1.82) is 0 Å². The Bertz CT molecular complexity index is 632. The lowest BCUT2D eigenvalue weighted by Crippen LogP contribution is -2.24. The molecule has 1 heterocycles. The van der Waals surface area contributed by atoms with Crippen LogP contribution in [0.5, 0.6) is 0 Å². The van der Waals surface area contributed by atoms with E-state index in [0.717, 1.165) is 21.2 Å². The van der Waals surface area contributed by atoms with Crippen molar-refractivity contribution in [2.75, 3.05) is 13.2 Å². The highest BCUT2D eigenvalue weighted by atomic mass is 79.9. The third-order valence-electron chi connectivity index (χ3n) is 2.92. The summed E-state index contributed by atoms with van der Waals surface area (Å²) in [6.45, 7) is 5.78. The van der Waals surface area contributed by atoms with E-state index in [-0.39, 0.29) is 12.6 Å². The third-order valence-corrected chi connectivity index (χ3v) is 3.41. The Labute approximate surface area is 131 Å². The standard InChI is InChI=1S/C16H17BrO4/c1-3-7-19-11(2)16(18)20-8-6-14-10-12-9-13(17)4-5-15(12)21-14/h3-5,9-11H,1,6-8H2,2H3. The molecule has 21 heavy (non-hydrogen) atoms. The number of rotatable bonds is 7. The van der Waals surface area contributed by atoms with Crippen LogP contribution in [0.1, 0.15) is 12.7 Å². The average Bonchev–Trinajstić information content (AvgIpc) is 2.86. The van der Waals surface area contributed by atoms with Crippen molar-refractivity contribution in [1.82, 2.24) is 0 Å². The first-order valence-electron chi connectivity index (χ1n) is 6.67. The molecule has 0 spiro atoms. The van der Waals surface area contributed by atoms with Crippen LogP contribution in [-0.4, -0.2) is 25.3 Å². The van der Waals surface area contributed by atoms with Crippen molar-refractivity contribution in [3.8, 4) is 0 Å². The Kier molecular flexibility index (Phi) is 5.59. The van der Waals surface area contributed by atoms with E-state index in [1.807, 2.05) is 24.3 Å². The molecular weight excluding hydrogens is 336 g/mol. The van der Waals surface area contributed by atoms with E-state index in [1.165, 1.54) is 0 Å². The summed E-state index contributed by atoms with van der Waals surface area (Å²) < 4.78 is 17.0. The molecule has 1 aromatic carbocycles. The number of hydrogen-bond donors (Lipinski definition) is 0. The van der Waals surface area contributed by atoms with Gasteiger partial charge in [0.2, 0.25) is 0 Å². The van der Waals surface area contributed by atoms with Crippen LogP contribution in [0.3, 0.4) is 0 Å². The van der Waals surface area contributed by atoms with Gasteiger partial charge in [-0.3, -0.25) is 0 Å². The molecule has 0 radical (unpaired) electrons. The summed E-state index contributed by atoms with van der Waals surface area (Å²) in [5.41, 5.74) is 0.821. The Balaban J connectivity index is 1.84. The maximum absolute atomic E-state index is 11.6. The second-order valence-electron chi connectivity index (χ2n) is 4.58. The smallest absolute Gasteiger partial charge is 0.334 e. The fourth-order valence-electron chi connectivity index (χ4n) is 1.84. The molecule has 0 amide bonds. The maximum Gasteiger partial charge on any atom is 0.334 e. The van der Waals surface area contributed by atoms with Gasteiger partial charge in [-0.2, -0.15) is 0 Å². The molecule has 0 aliphatic heterocycles. The summed E-state index contributed by atoms with van der Waals surface area (Å²) in [6.07, 6.45) is 1.54. The zero-order valence-electron chi connectivity index (χ0n) is 11.8. The van der Waals surface area contributed by atoms with Gasteiger partial charge in [0.1, 0.15) is 11.3 Å². The number of halogens is 1. The predicted molar refractivity (Wildman–Crippen MR) is 84.2 cm³/mol. The molecule has 0 saturated carbocycles. The third kappa shape index (κ3) is 4.44. The number of benzene rings is 1. The fourth-order valence-corrected chi connectivity index (χ4v) is 2.22. The van der Waals surface area contributed by atoms with Crippen LogP contribution in [0, 0.1) is 0 Å². The second-order valence-corrected chi connectivity index (χ2v) is 5.49. The minimum Gasteiger partial charge on any atom is -0.463 e. The first kappa shape index (κ1) is 15.8. The van der Waals surface area contributed by atoms with Gasteiger partial charge >= 0.3 is 5.97 Å². The van der Waals surface area contributed by atoms with Crippen molar-refractivity contribution in [2.45, 2.75) is 19.4 Å². The molecule has 1 atom stereocenters. The van der Waals surface area contributed by atoms with E-state index in [4.69, 9.17) is 13.9 Å². The summed E-state index contributed by atoms with van der Waals surface area (Å²) >= 11 is 3.42. The zero-order chi connectivity index (χ0) is 15.2. The number of fused-ring (bicyclic) bond motifs is 1. The first-order valence-corrected chi connectivity index (χ1v) is 7.46. The van der Waals surface area contributed by atoms with Gasteiger partial charge in [-0.05, 0) is 31.2 Å². The van der Waals surface area contributed by atoms with Gasteiger partial charge in [0.25, 0.3) is 0 Å². The summed E-state index contributed by atoms with van der Waals surface area (Å²) in [5.74, 6) is 0.409. The van der Waals surface area contributed by atoms with Crippen molar-refractivity contribution in [2.24, 2.45) is 0 Å². The Hall–Kier alpha value is -1.59. The van der Waals surface area contributed by atoms with Gasteiger partial charge in [-0.1, -0.05) is 22.0 Å². The molecule has 2 aromatic rings. The number of hydrogen-bond acceptors (Lipinski definition) is 4. The van der Waals surface area contributed by atoms with Crippen LogP contribution in [0.4, 0.5) is 0 Å². The van der Waals surface area contributed by atoms with Gasteiger partial charge < -0.3 is 13.9 Å². The number of esters is 1. The molecule has 0 fully saturated rings. The Morgan fingerprint density at radius 1 is 1.48 bits per heavy atom. The molecule has 0 aliphatic rings. The second kappa shape index (κ2) is 7.43. The highest BCUT2D eigenvalue weighted by Gasteiger charge is 2.14. The maximum atomic E-state index is 11.6. The number of carbonyl (C=O) groups excluding carboxylic acids is 1. The van der Waals surface area contributed by atoms with Gasteiger partial charge in [-0.25, -0.2) is 4.79 Å². The molecule has 2 rings (SSSR count). The van der Waals surface area contributed by atoms with Crippen LogP contribution in [0.25, 0.3) is 11.0 Å². The molecule has 1 unspecified atom stereocenters. The van der Waals surface area contributed by atoms with E-state index in [9.17, 15) is 4.79 Å². The minimum atomic E-state index is -0.588. The van der Waals surface area contributed by atoms with Gasteiger partial charge in [0.15, 0.2) is 6.10 Å². The zero-order valence-corrected chi connectivity index (χ0v) is 13.4.